The highest BCUT2D eigenvalue weighted by atomic mass is 35.5. The molecule has 0 spiro atoms. The first-order chi connectivity index (χ1) is 9.65. The summed E-state index contributed by atoms with van der Waals surface area (Å²) >= 11 is 6.04. The predicted octanol–water partition coefficient (Wildman–Crippen LogP) is 3.17. The summed E-state index contributed by atoms with van der Waals surface area (Å²) in [4.78, 5) is 0. The van der Waals surface area contributed by atoms with Crippen LogP contribution in [-0.2, 0) is 7.05 Å². The van der Waals surface area contributed by atoms with Crippen LogP contribution in [0.5, 0.6) is 5.75 Å². The van der Waals surface area contributed by atoms with Crippen LogP contribution in [0, 0.1) is 0 Å². The third-order valence-corrected chi connectivity index (χ3v) is 3.40. The second-order valence-corrected chi connectivity index (χ2v) is 5.16. The molecular formula is C15H20ClN3O. The molecule has 0 saturated heterocycles. The van der Waals surface area contributed by atoms with Crippen molar-refractivity contribution < 1.29 is 4.74 Å². The topological polar surface area (TPSA) is 39.1 Å². The SMILES string of the molecule is CCCNC(c1cnn(C)c1)c1ccc(Cl)cc1OC. The van der Waals surface area contributed by atoms with E-state index in [0.29, 0.717) is 5.02 Å². The van der Waals surface area contributed by atoms with Crippen LogP contribution in [0.1, 0.15) is 30.5 Å². The lowest BCUT2D eigenvalue weighted by molar-refractivity contribution is 0.404. The highest BCUT2D eigenvalue weighted by molar-refractivity contribution is 6.30. The number of halogens is 1. The van der Waals surface area contributed by atoms with E-state index in [1.807, 2.05) is 37.6 Å². The van der Waals surface area contributed by atoms with Gasteiger partial charge in [-0.2, -0.15) is 5.10 Å². The molecule has 1 N–H and O–H groups in total. The second kappa shape index (κ2) is 6.77. The number of rotatable bonds is 6. The van der Waals surface area contributed by atoms with Gasteiger partial charge in [0.2, 0.25) is 0 Å². The molecule has 0 bridgehead atoms. The van der Waals surface area contributed by atoms with Crippen molar-refractivity contribution in [3.8, 4) is 5.75 Å². The maximum atomic E-state index is 6.04. The van der Waals surface area contributed by atoms with Gasteiger partial charge in [-0.05, 0) is 25.1 Å². The van der Waals surface area contributed by atoms with Crippen LogP contribution in [-0.4, -0.2) is 23.4 Å². The monoisotopic (exact) mass is 293 g/mol. The van der Waals surface area contributed by atoms with Crippen LogP contribution in [0.3, 0.4) is 0 Å². The van der Waals surface area contributed by atoms with Gasteiger partial charge in [0.25, 0.3) is 0 Å². The molecule has 1 aromatic heterocycles. The molecule has 4 nitrogen and oxygen atoms in total. The molecule has 1 heterocycles. The van der Waals surface area contributed by atoms with E-state index in [9.17, 15) is 0 Å². The van der Waals surface area contributed by atoms with E-state index in [2.05, 4.69) is 17.3 Å². The highest BCUT2D eigenvalue weighted by Gasteiger charge is 2.19. The predicted molar refractivity (Wildman–Crippen MR) is 81.3 cm³/mol. The Bertz CT molecular complexity index is 568. The zero-order valence-corrected chi connectivity index (χ0v) is 12.8. The first-order valence-corrected chi connectivity index (χ1v) is 7.09. The number of aryl methyl sites for hydroxylation is 1. The fourth-order valence-electron chi connectivity index (χ4n) is 2.21. The molecule has 2 rings (SSSR count). The minimum absolute atomic E-state index is 0.0517. The zero-order chi connectivity index (χ0) is 14.5. The zero-order valence-electron chi connectivity index (χ0n) is 12.1. The Hall–Kier alpha value is -1.52. The minimum atomic E-state index is 0.0517. The van der Waals surface area contributed by atoms with Gasteiger partial charge in [-0.1, -0.05) is 24.6 Å². The lowest BCUT2D eigenvalue weighted by Gasteiger charge is -2.20. The summed E-state index contributed by atoms with van der Waals surface area (Å²) in [6, 6.07) is 5.78. The van der Waals surface area contributed by atoms with Crippen LogP contribution in [0.15, 0.2) is 30.6 Å². The summed E-state index contributed by atoms with van der Waals surface area (Å²) in [5, 5.41) is 8.46. The van der Waals surface area contributed by atoms with Crippen LogP contribution in [0.25, 0.3) is 0 Å². The summed E-state index contributed by atoms with van der Waals surface area (Å²) in [5.74, 6) is 0.787. The summed E-state index contributed by atoms with van der Waals surface area (Å²) in [6.45, 7) is 3.07. The molecule has 0 amide bonds. The molecule has 1 atom stereocenters. The first kappa shape index (κ1) is 14.9. The second-order valence-electron chi connectivity index (χ2n) is 4.72. The third-order valence-electron chi connectivity index (χ3n) is 3.16. The molecule has 5 heteroatoms. The van der Waals surface area contributed by atoms with E-state index in [1.54, 1.807) is 11.8 Å². The Morgan fingerprint density at radius 3 is 2.85 bits per heavy atom. The minimum Gasteiger partial charge on any atom is -0.496 e. The van der Waals surface area contributed by atoms with Gasteiger partial charge in [0.05, 0.1) is 19.3 Å². The smallest absolute Gasteiger partial charge is 0.125 e. The molecule has 0 aliphatic rings. The maximum absolute atomic E-state index is 6.04. The summed E-state index contributed by atoms with van der Waals surface area (Å²) in [7, 11) is 3.58. The van der Waals surface area contributed by atoms with E-state index >= 15 is 0 Å². The van der Waals surface area contributed by atoms with Crippen LogP contribution >= 0.6 is 11.6 Å². The van der Waals surface area contributed by atoms with E-state index in [-0.39, 0.29) is 6.04 Å². The van der Waals surface area contributed by atoms with E-state index < -0.39 is 0 Å². The number of benzene rings is 1. The lowest BCUT2D eigenvalue weighted by atomic mass is 10.0. The van der Waals surface area contributed by atoms with Gasteiger partial charge < -0.3 is 10.1 Å². The fraction of sp³-hybridized carbons (Fsp3) is 0.400. The molecule has 2 aromatic rings. The summed E-state index contributed by atoms with van der Waals surface area (Å²) in [6.07, 6.45) is 4.95. The lowest BCUT2D eigenvalue weighted by Crippen LogP contribution is -2.23. The maximum Gasteiger partial charge on any atom is 0.125 e. The van der Waals surface area contributed by atoms with Crippen molar-refractivity contribution in [2.45, 2.75) is 19.4 Å². The fourth-order valence-corrected chi connectivity index (χ4v) is 2.37. The molecule has 0 radical (unpaired) electrons. The molecule has 1 unspecified atom stereocenters. The molecule has 0 aliphatic heterocycles. The standard InChI is InChI=1S/C15H20ClN3O/c1-4-7-17-15(11-9-18-19(2)10-11)13-6-5-12(16)8-14(13)20-3/h5-6,8-10,15,17H,4,7H2,1-3H3. The molecular weight excluding hydrogens is 274 g/mol. The van der Waals surface area contributed by atoms with Gasteiger partial charge >= 0.3 is 0 Å². The molecule has 0 saturated carbocycles. The Labute approximate surface area is 124 Å². The molecule has 108 valence electrons. The van der Waals surface area contributed by atoms with Gasteiger partial charge in [0, 0.05) is 29.4 Å². The van der Waals surface area contributed by atoms with Crippen molar-refractivity contribution >= 4 is 11.6 Å². The summed E-state index contributed by atoms with van der Waals surface area (Å²) in [5.41, 5.74) is 2.18. The van der Waals surface area contributed by atoms with Crippen molar-refractivity contribution in [2.24, 2.45) is 7.05 Å². The van der Waals surface area contributed by atoms with Gasteiger partial charge in [-0.3, -0.25) is 4.68 Å². The van der Waals surface area contributed by atoms with E-state index in [0.717, 1.165) is 29.8 Å². The number of hydrogen-bond donors (Lipinski definition) is 1. The largest absolute Gasteiger partial charge is 0.496 e. The highest BCUT2D eigenvalue weighted by Crippen LogP contribution is 2.32. The average Bonchev–Trinajstić information content (AvgIpc) is 2.87. The normalized spacial score (nSPS) is 12.4. The summed E-state index contributed by atoms with van der Waals surface area (Å²) < 4.78 is 7.27. The van der Waals surface area contributed by atoms with Gasteiger partial charge in [-0.15, -0.1) is 0 Å². The molecule has 0 aliphatic carbocycles. The Balaban J connectivity index is 2.40. The van der Waals surface area contributed by atoms with Gasteiger partial charge in [0.1, 0.15) is 5.75 Å². The Kier molecular flexibility index (Phi) is 5.04. The first-order valence-electron chi connectivity index (χ1n) is 6.71. The van der Waals surface area contributed by atoms with Crippen molar-refractivity contribution in [3.63, 3.8) is 0 Å². The quantitative estimate of drug-likeness (QED) is 0.889. The van der Waals surface area contributed by atoms with Crippen molar-refractivity contribution in [1.29, 1.82) is 0 Å². The van der Waals surface area contributed by atoms with Crippen molar-refractivity contribution in [1.82, 2.24) is 15.1 Å². The van der Waals surface area contributed by atoms with Crippen molar-refractivity contribution in [3.05, 3.63) is 46.7 Å². The number of nitrogens with one attached hydrogen (secondary N) is 1. The van der Waals surface area contributed by atoms with E-state index in [1.165, 1.54) is 0 Å². The van der Waals surface area contributed by atoms with Crippen LogP contribution < -0.4 is 10.1 Å². The Morgan fingerprint density at radius 2 is 2.25 bits per heavy atom. The third kappa shape index (κ3) is 3.32. The molecule has 0 fully saturated rings. The molecule has 20 heavy (non-hydrogen) atoms. The van der Waals surface area contributed by atoms with Crippen molar-refractivity contribution in [2.75, 3.05) is 13.7 Å². The number of ether oxygens (including phenoxy) is 1. The number of aromatic nitrogens is 2. The number of hydrogen-bond acceptors (Lipinski definition) is 3. The number of methoxy groups -OCH3 is 1. The average molecular weight is 294 g/mol. The van der Waals surface area contributed by atoms with Crippen LogP contribution in [0.4, 0.5) is 0 Å². The number of nitrogens with zero attached hydrogens (tertiary/aromatic N) is 2. The van der Waals surface area contributed by atoms with E-state index in [4.69, 9.17) is 16.3 Å². The van der Waals surface area contributed by atoms with Crippen LogP contribution in [0.2, 0.25) is 5.02 Å². The Morgan fingerprint density at radius 1 is 1.45 bits per heavy atom. The molecule has 1 aromatic carbocycles. The van der Waals surface area contributed by atoms with Gasteiger partial charge in [-0.25, -0.2) is 0 Å². The van der Waals surface area contributed by atoms with Gasteiger partial charge in [0.15, 0.2) is 0 Å².